The molecule has 6 heteroatoms. The Labute approximate surface area is 99.6 Å². The molecule has 90 valence electrons. The molecule has 0 amide bonds. The summed E-state index contributed by atoms with van der Waals surface area (Å²) in [5, 5.41) is 19.3. The number of nitriles is 1. The van der Waals surface area contributed by atoms with Gasteiger partial charge in [-0.2, -0.15) is 5.26 Å². The minimum atomic E-state index is -0.493. The number of rotatable bonds is 4. The lowest BCUT2D eigenvalue weighted by molar-refractivity contribution is -0.144. The van der Waals surface area contributed by atoms with E-state index in [1.54, 1.807) is 12.1 Å². The van der Waals surface area contributed by atoms with Gasteiger partial charge in [0.15, 0.2) is 11.5 Å². The molecule has 1 saturated heterocycles. The second kappa shape index (κ2) is 5.08. The van der Waals surface area contributed by atoms with Crippen molar-refractivity contribution in [2.45, 2.75) is 19.1 Å². The van der Waals surface area contributed by atoms with E-state index < -0.39 is 5.79 Å². The highest BCUT2D eigenvalue weighted by Crippen LogP contribution is 2.22. The van der Waals surface area contributed by atoms with E-state index in [1.165, 1.54) is 0 Å². The van der Waals surface area contributed by atoms with Crippen molar-refractivity contribution >= 4 is 5.82 Å². The third-order valence-electron chi connectivity index (χ3n) is 2.56. The summed E-state index contributed by atoms with van der Waals surface area (Å²) >= 11 is 0. The molecule has 2 heterocycles. The molecule has 1 aliphatic heterocycles. The molecule has 1 fully saturated rings. The van der Waals surface area contributed by atoms with Gasteiger partial charge in [-0.15, -0.1) is 10.2 Å². The summed E-state index contributed by atoms with van der Waals surface area (Å²) in [6, 6.07) is 5.27. The summed E-state index contributed by atoms with van der Waals surface area (Å²) in [6.45, 7) is 3.89. The maximum absolute atomic E-state index is 8.58. The highest BCUT2D eigenvalue weighted by molar-refractivity contribution is 5.35. The van der Waals surface area contributed by atoms with Gasteiger partial charge in [-0.25, -0.2) is 0 Å². The summed E-state index contributed by atoms with van der Waals surface area (Å²) in [5.41, 5.74) is 0.310. The summed E-state index contributed by atoms with van der Waals surface area (Å²) in [4.78, 5) is 0. The summed E-state index contributed by atoms with van der Waals surface area (Å²) in [6.07, 6.45) is 0.731. The molecule has 1 aliphatic rings. The van der Waals surface area contributed by atoms with Crippen LogP contribution in [-0.2, 0) is 9.47 Å². The molecule has 0 aromatic carbocycles. The van der Waals surface area contributed by atoms with Gasteiger partial charge in [0.1, 0.15) is 11.9 Å². The van der Waals surface area contributed by atoms with Gasteiger partial charge in [0.2, 0.25) is 0 Å². The highest BCUT2D eigenvalue weighted by atomic mass is 16.7. The SMILES string of the molecule is CC1(CCNc2ccc(C#N)nn2)OCCO1. The minimum Gasteiger partial charge on any atom is -0.368 e. The number of nitrogens with zero attached hydrogens (tertiary/aromatic N) is 3. The van der Waals surface area contributed by atoms with E-state index in [-0.39, 0.29) is 0 Å². The largest absolute Gasteiger partial charge is 0.368 e. The third-order valence-corrected chi connectivity index (χ3v) is 2.56. The molecule has 0 atom stereocenters. The number of hydrogen-bond donors (Lipinski definition) is 1. The van der Waals surface area contributed by atoms with Crippen LogP contribution in [0.25, 0.3) is 0 Å². The number of hydrogen-bond acceptors (Lipinski definition) is 6. The van der Waals surface area contributed by atoms with Crippen LogP contribution < -0.4 is 5.32 Å². The van der Waals surface area contributed by atoms with Crippen LogP contribution in [0.1, 0.15) is 19.0 Å². The van der Waals surface area contributed by atoms with Crippen LogP contribution in [0.15, 0.2) is 12.1 Å². The van der Waals surface area contributed by atoms with Crippen molar-refractivity contribution in [3.63, 3.8) is 0 Å². The van der Waals surface area contributed by atoms with Crippen LogP contribution in [0.3, 0.4) is 0 Å². The molecule has 1 N–H and O–H groups in total. The topological polar surface area (TPSA) is 80.1 Å². The lowest BCUT2D eigenvalue weighted by Gasteiger charge is -2.22. The predicted molar refractivity (Wildman–Crippen MR) is 60.2 cm³/mol. The molecular formula is C11H14N4O2. The van der Waals surface area contributed by atoms with Crippen molar-refractivity contribution in [2.75, 3.05) is 25.1 Å². The number of nitrogens with one attached hydrogen (secondary N) is 1. The van der Waals surface area contributed by atoms with Gasteiger partial charge < -0.3 is 14.8 Å². The summed E-state index contributed by atoms with van der Waals surface area (Å²) in [5.74, 6) is 0.151. The molecule has 0 aliphatic carbocycles. The van der Waals surface area contributed by atoms with Crippen molar-refractivity contribution in [2.24, 2.45) is 0 Å². The first-order valence-corrected chi connectivity index (χ1v) is 5.47. The predicted octanol–water partition coefficient (Wildman–Crippen LogP) is 0.913. The second-order valence-corrected chi connectivity index (χ2v) is 3.92. The fraction of sp³-hybridized carbons (Fsp3) is 0.545. The minimum absolute atomic E-state index is 0.310. The first-order chi connectivity index (χ1) is 8.22. The van der Waals surface area contributed by atoms with Crippen molar-refractivity contribution < 1.29 is 9.47 Å². The number of aromatic nitrogens is 2. The van der Waals surface area contributed by atoms with Gasteiger partial charge in [-0.05, 0) is 19.1 Å². The average Bonchev–Trinajstić information content (AvgIpc) is 2.77. The average molecular weight is 234 g/mol. The van der Waals surface area contributed by atoms with Crippen LogP contribution in [0.2, 0.25) is 0 Å². The fourth-order valence-corrected chi connectivity index (χ4v) is 1.60. The van der Waals surface area contributed by atoms with Gasteiger partial charge in [0.05, 0.1) is 13.2 Å². The maximum Gasteiger partial charge on any atom is 0.167 e. The highest BCUT2D eigenvalue weighted by Gasteiger charge is 2.30. The Hall–Kier alpha value is -1.71. The Bertz CT molecular complexity index is 406. The van der Waals surface area contributed by atoms with Gasteiger partial charge in [0, 0.05) is 13.0 Å². The molecule has 2 rings (SSSR count). The Kier molecular flexibility index (Phi) is 3.52. The van der Waals surface area contributed by atoms with Crippen molar-refractivity contribution in [3.8, 4) is 6.07 Å². The molecule has 6 nitrogen and oxygen atoms in total. The normalized spacial score (nSPS) is 17.6. The van der Waals surface area contributed by atoms with E-state index in [9.17, 15) is 0 Å². The zero-order valence-electron chi connectivity index (χ0n) is 9.64. The molecule has 0 spiro atoms. The zero-order valence-corrected chi connectivity index (χ0v) is 9.64. The van der Waals surface area contributed by atoms with E-state index >= 15 is 0 Å². The van der Waals surface area contributed by atoms with E-state index in [2.05, 4.69) is 15.5 Å². The van der Waals surface area contributed by atoms with E-state index in [4.69, 9.17) is 14.7 Å². The lowest BCUT2D eigenvalue weighted by Crippen LogP contribution is -2.28. The van der Waals surface area contributed by atoms with Crippen LogP contribution >= 0.6 is 0 Å². The monoisotopic (exact) mass is 234 g/mol. The zero-order chi connectivity index (χ0) is 12.1. The third kappa shape index (κ3) is 3.12. The maximum atomic E-state index is 8.58. The standard InChI is InChI=1S/C11H14N4O2/c1-11(16-6-7-17-11)4-5-13-10-3-2-9(8-12)14-15-10/h2-3H,4-7H2,1H3,(H,13,15). The molecular weight excluding hydrogens is 220 g/mol. The number of anilines is 1. The molecule has 0 bridgehead atoms. The van der Waals surface area contributed by atoms with E-state index in [1.807, 2.05) is 13.0 Å². The molecule has 1 aromatic rings. The molecule has 17 heavy (non-hydrogen) atoms. The Morgan fingerprint density at radius 2 is 2.18 bits per heavy atom. The first kappa shape index (κ1) is 11.8. The first-order valence-electron chi connectivity index (χ1n) is 5.47. The molecule has 0 saturated carbocycles. The van der Waals surface area contributed by atoms with E-state index in [0.717, 1.165) is 6.42 Å². The summed E-state index contributed by atoms with van der Waals surface area (Å²) < 4.78 is 10.9. The Morgan fingerprint density at radius 1 is 1.41 bits per heavy atom. The van der Waals surface area contributed by atoms with Crippen LogP contribution in [-0.4, -0.2) is 35.7 Å². The smallest absolute Gasteiger partial charge is 0.167 e. The quantitative estimate of drug-likeness (QED) is 0.834. The van der Waals surface area contributed by atoms with Crippen molar-refractivity contribution in [1.82, 2.24) is 10.2 Å². The second-order valence-electron chi connectivity index (χ2n) is 3.92. The van der Waals surface area contributed by atoms with Crippen LogP contribution in [0, 0.1) is 11.3 Å². The molecule has 1 aromatic heterocycles. The Morgan fingerprint density at radius 3 is 2.76 bits per heavy atom. The summed E-state index contributed by atoms with van der Waals surface area (Å²) in [7, 11) is 0. The van der Waals surface area contributed by atoms with E-state index in [0.29, 0.717) is 31.3 Å². The Balaban J connectivity index is 1.80. The fourth-order valence-electron chi connectivity index (χ4n) is 1.60. The van der Waals surface area contributed by atoms with Gasteiger partial charge >= 0.3 is 0 Å². The van der Waals surface area contributed by atoms with Gasteiger partial charge in [-0.1, -0.05) is 0 Å². The van der Waals surface area contributed by atoms with Gasteiger partial charge in [-0.3, -0.25) is 0 Å². The van der Waals surface area contributed by atoms with Crippen LogP contribution in [0.5, 0.6) is 0 Å². The van der Waals surface area contributed by atoms with Crippen molar-refractivity contribution in [1.29, 1.82) is 5.26 Å². The number of ether oxygens (including phenoxy) is 2. The van der Waals surface area contributed by atoms with Crippen LogP contribution in [0.4, 0.5) is 5.82 Å². The van der Waals surface area contributed by atoms with Crippen molar-refractivity contribution in [3.05, 3.63) is 17.8 Å². The molecule has 0 radical (unpaired) electrons. The van der Waals surface area contributed by atoms with Gasteiger partial charge in [0.25, 0.3) is 0 Å². The lowest BCUT2D eigenvalue weighted by atomic mass is 10.2. The molecule has 0 unspecified atom stereocenters.